The lowest BCUT2D eigenvalue weighted by molar-refractivity contribution is -0.154. The van der Waals surface area contributed by atoms with Gasteiger partial charge in [-0.05, 0) is 34.6 Å². The highest BCUT2D eigenvalue weighted by atomic mass is 16.5. The summed E-state index contributed by atoms with van der Waals surface area (Å²) in [4.78, 5) is 24.2. The van der Waals surface area contributed by atoms with Crippen LogP contribution in [0.25, 0.3) is 11.1 Å². The number of nitrogens with two attached hydrogens (primary N) is 1. The molecule has 1 aliphatic rings. The first-order chi connectivity index (χ1) is 12.0. The number of esters is 1. The molecule has 2 aromatic rings. The fourth-order valence-electron chi connectivity index (χ4n) is 3.44. The molecule has 0 aromatic heterocycles. The number of ether oxygens (including phenoxy) is 1. The maximum atomic E-state index is 12.1. The molecule has 0 saturated carbocycles. The van der Waals surface area contributed by atoms with Crippen molar-refractivity contribution in [1.82, 2.24) is 0 Å². The summed E-state index contributed by atoms with van der Waals surface area (Å²) in [6.07, 6.45) is 0.475. The van der Waals surface area contributed by atoms with Gasteiger partial charge in [-0.25, -0.2) is 4.79 Å². The van der Waals surface area contributed by atoms with Gasteiger partial charge in [0.05, 0.1) is 6.04 Å². The summed E-state index contributed by atoms with van der Waals surface area (Å²) in [7, 11) is 0. The molecule has 0 amide bonds. The van der Waals surface area contributed by atoms with Crippen molar-refractivity contribution in [3.8, 4) is 11.1 Å². The third kappa shape index (κ3) is 3.49. The van der Waals surface area contributed by atoms with Gasteiger partial charge in [-0.15, -0.1) is 0 Å². The van der Waals surface area contributed by atoms with Crippen LogP contribution in [0, 0.1) is 5.92 Å². The lowest BCUT2D eigenvalue weighted by Gasteiger charge is -2.16. The van der Waals surface area contributed by atoms with E-state index in [1.54, 1.807) is 0 Å². The predicted molar refractivity (Wildman–Crippen MR) is 97.1 cm³/mol. The largest absolute Gasteiger partial charge is 0.459 e. The summed E-state index contributed by atoms with van der Waals surface area (Å²) >= 11 is 0. The SMILES string of the molecule is CC(C)C[C@H](N)C(=O)C(=O)OCC1c2ccccc2-c2ccccc21. The molecule has 0 saturated heterocycles. The van der Waals surface area contributed by atoms with Crippen molar-refractivity contribution in [2.45, 2.75) is 32.2 Å². The molecule has 4 nitrogen and oxygen atoms in total. The van der Waals surface area contributed by atoms with Gasteiger partial charge in [0, 0.05) is 5.92 Å². The quantitative estimate of drug-likeness (QED) is 0.649. The zero-order chi connectivity index (χ0) is 18.0. The van der Waals surface area contributed by atoms with Crippen LogP contribution in [-0.4, -0.2) is 24.4 Å². The lowest BCUT2D eigenvalue weighted by atomic mass is 9.98. The van der Waals surface area contributed by atoms with Crippen molar-refractivity contribution < 1.29 is 14.3 Å². The van der Waals surface area contributed by atoms with E-state index in [0.717, 1.165) is 22.3 Å². The van der Waals surface area contributed by atoms with Crippen LogP contribution in [-0.2, 0) is 14.3 Å². The van der Waals surface area contributed by atoms with Crippen LogP contribution in [0.3, 0.4) is 0 Å². The molecular formula is C21H23NO3. The molecule has 2 N–H and O–H groups in total. The van der Waals surface area contributed by atoms with E-state index in [1.165, 1.54) is 0 Å². The topological polar surface area (TPSA) is 69.4 Å². The first kappa shape index (κ1) is 17.4. The maximum Gasteiger partial charge on any atom is 0.376 e. The Kier molecular flexibility index (Phi) is 5.00. The standard InChI is InChI=1S/C21H23NO3/c1-13(2)11-19(22)20(23)21(24)25-12-18-16-9-5-3-7-14(16)15-8-4-6-10-17(15)18/h3-10,13,18-19H,11-12,22H2,1-2H3/t19-/m0/s1. The minimum Gasteiger partial charge on any atom is -0.459 e. The lowest BCUT2D eigenvalue weighted by Crippen LogP contribution is -2.38. The first-order valence-electron chi connectivity index (χ1n) is 8.63. The monoisotopic (exact) mass is 337 g/mol. The molecule has 25 heavy (non-hydrogen) atoms. The van der Waals surface area contributed by atoms with Gasteiger partial charge in [0.15, 0.2) is 0 Å². The molecule has 4 heteroatoms. The van der Waals surface area contributed by atoms with Gasteiger partial charge >= 0.3 is 5.97 Å². The maximum absolute atomic E-state index is 12.1. The zero-order valence-corrected chi connectivity index (χ0v) is 14.6. The molecule has 0 fully saturated rings. The highest BCUT2D eigenvalue weighted by molar-refractivity contribution is 6.35. The Balaban J connectivity index is 1.73. The fraction of sp³-hybridized carbons (Fsp3) is 0.333. The summed E-state index contributed by atoms with van der Waals surface area (Å²) in [6.45, 7) is 4.07. The van der Waals surface area contributed by atoms with E-state index in [2.05, 4.69) is 12.1 Å². The smallest absolute Gasteiger partial charge is 0.376 e. The minimum absolute atomic E-state index is 0.0505. The van der Waals surface area contributed by atoms with Crippen LogP contribution in [0.5, 0.6) is 0 Å². The summed E-state index contributed by atoms with van der Waals surface area (Å²) in [5.41, 5.74) is 10.4. The number of Topliss-reactive ketones (excluding diaryl/α,β-unsaturated/α-hetero) is 1. The normalized spacial score (nSPS) is 14.1. The van der Waals surface area contributed by atoms with Crippen molar-refractivity contribution in [2.75, 3.05) is 6.61 Å². The zero-order valence-electron chi connectivity index (χ0n) is 14.6. The van der Waals surface area contributed by atoms with Gasteiger partial charge in [0.2, 0.25) is 0 Å². The van der Waals surface area contributed by atoms with E-state index in [9.17, 15) is 9.59 Å². The van der Waals surface area contributed by atoms with Gasteiger partial charge in [-0.2, -0.15) is 0 Å². The van der Waals surface area contributed by atoms with Crippen molar-refractivity contribution in [3.05, 3.63) is 59.7 Å². The number of ketones is 1. The average Bonchev–Trinajstić information content (AvgIpc) is 2.92. The molecule has 0 bridgehead atoms. The summed E-state index contributed by atoms with van der Waals surface area (Å²) < 4.78 is 5.34. The number of benzene rings is 2. The molecule has 0 heterocycles. The molecule has 2 aromatic carbocycles. The van der Waals surface area contributed by atoms with Crippen LogP contribution in [0.1, 0.15) is 37.3 Å². The van der Waals surface area contributed by atoms with E-state index < -0.39 is 17.8 Å². The Morgan fingerprint density at radius 3 is 2.04 bits per heavy atom. The molecule has 1 atom stereocenters. The molecule has 0 unspecified atom stereocenters. The van der Waals surface area contributed by atoms with Crippen molar-refractivity contribution >= 4 is 11.8 Å². The number of hydrogen-bond donors (Lipinski definition) is 1. The van der Waals surface area contributed by atoms with Gasteiger partial charge in [0.25, 0.3) is 5.78 Å². The second-order valence-electron chi connectivity index (χ2n) is 6.93. The van der Waals surface area contributed by atoms with Crippen LogP contribution >= 0.6 is 0 Å². The van der Waals surface area contributed by atoms with Crippen LogP contribution in [0.4, 0.5) is 0 Å². The fourth-order valence-corrected chi connectivity index (χ4v) is 3.44. The molecule has 1 aliphatic carbocycles. The summed E-state index contributed by atoms with van der Waals surface area (Å²) in [6, 6.07) is 15.4. The number of carbonyl (C=O) groups is 2. The third-order valence-corrected chi connectivity index (χ3v) is 4.61. The number of carbonyl (C=O) groups excluding carboxylic acids is 2. The van der Waals surface area contributed by atoms with E-state index >= 15 is 0 Å². The van der Waals surface area contributed by atoms with Crippen molar-refractivity contribution in [2.24, 2.45) is 11.7 Å². The van der Waals surface area contributed by atoms with Gasteiger partial charge < -0.3 is 10.5 Å². The summed E-state index contributed by atoms with van der Waals surface area (Å²) in [5.74, 6) is -1.28. The number of hydrogen-bond acceptors (Lipinski definition) is 4. The highest BCUT2D eigenvalue weighted by Gasteiger charge is 2.31. The molecule has 0 spiro atoms. The Morgan fingerprint density at radius 1 is 1.00 bits per heavy atom. The van der Waals surface area contributed by atoms with Gasteiger partial charge in [0.1, 0.15) is 6.61 Å². The van der Waals surface area contributed by atoms with Crippen molar-refractivity contribution in [3.63, 3.8) is 0 Å². The Morgan fingerprint density at radius 2 is 1.52 bits per heavy atom. The van der Waals surface area contributed by atoms with E-state index in [-0.39, 0.29) is 18.4 Å². The Hall–Kier alpha value is -2.46. The van der Waals surface area contributed by atoms with E-state index in [0.29, 0.717) is 6.42 Å². The second kappa shape index (κ2) is 7.19. The predicted octanol–water partition coefficient (Wildman–Crippen LogP) is 3.28. The van der Waals surface area contributed by atoms with E-state index in [4.69, 9.17) is 10.5 Å². The van der Waals surface area contributed by atoms with Crippen LogP contribution < -0.4 is 5.73 Å². The Labute approximate surface area is 148 Å². The third-order valence-electron chi connectivity index (χ3n) is 4.61. The number of rotatable bonds is 6. The van der Waals surface area contributed by atoms with Gasteiger partial charge in [-0.3, -0.25) is 4.79 Å². The van der Waals surface area contributed by atoms with E-state index in [1.807, 2.05) is 50.2 Å². The minimum atomic E-state index is -0.838. The molecule has 0 aliphatic heterocycles. The highest BCUT2D eigenvalue weighted by Crippen LogP contribution is 2.44. The molecule has 0 radical (unpaired) electrons. The van der Waals surface area contributed by atoms with Gasteiger partial charge in [-0.1, -0.05) is 62.4 Å². The average molecular weight is 337 g/mol. The number of fused-ring (bicyclic) bond motifs is 3. The van der Waals surface area contributed by atoms with Crippen LogP contribution in [0.2, 0.25) is 0 Å². The molecular weight excluding hydrogens is 314 g/mol. The Bertz CT molecular complexity index is 752. The van der Waals surface area contributed by atoms with Crippen molar-refractivity contribution in [1.29, 1.82) is 0 Å². The first-order valence-corrected chi connectivity index (χ1v) is 8.63. The molecule has 130 valence electrons. The molecule has 3 rings (SSSR count). The second-order valence-corrected chi connectivity index (χ2v) is 6.93. The summed E-state index contributed by atoms with van der Waals surface area (Å²) in [5, 5.41) is 0. The van der Waals surface area contributed by atoms with Crippen LogP contribution in [0.15, 0.2) is 48.5 Å².